The summed E-state index contributed by atoms with van der Waals surface area (Å²) in [5.41, 5.74) is 2.27. The van der Waals surface area contributed by atoms with Gasteiger partial charge >= 0.3 is 0 Å². The number of aromatic nitrogens is 2. The van der Waals surface area contributed by atoms with E-state index in [2.05, 4.69) is 14.7 Å². The highest BCUT2D eigenvalue weighted by atomic mass is 35.5. The largest absolute Gasteiger partial charge is 0.494 e. The number of hydrogen-bond donors (Lipinski definition) is 2. The van der Waals surface area contributed by atoms with E-state index in [0.717, 1.165) is 5.56 Å². The van der Waals surface area contributed by atoms with Crippen molar-refractivity contribution in [3.8, 4) is 5.75 Å². The third-order valence-electron chi connectivity index (χ3n) is 3.46. The van der Waals surface area contributed by atoms with E-state index in [1.54, 1.807) is 18.2 Å². The SMILES string of the molecule is COc1ccc(NS(=O)(=O)c2ccc(C)c(Cl)c2)c2nc[nH]c12. The molecule has 0 radical (unpaired) electrons. The number of fused-ring (bicyclic) bond motifs is 1. The standard InChI is InChI=1S/C15H14ClN3O3S/c1-9-3-4-10(7-11(9)16)23(20,21)19-12-5-6-13(22-2)15-14(12)17-8-18-15/h3-8,19H,1-2H3,(H,17,18). The highest BCUT2D eigenvalue weighted by Gasteiger charge is 2.18. The van der Waals surface area contributed by atoms with Crippen LogP contribution in [0, 0.1) is 6.92 Å². The van der Waals surface area contributed by atoms with E-state index in [0.29, 0.717) is 27.5 Å². The Bertz CT molecular complexity index is 983. The Balaban J connectivity index is 2.04. The first kappa shape index (κ1) is 15.6. The molecule has 0 unspecified atom stereocenters. The Morgan fingerprint density at radius 2 is 2.04 bits per heavy atom. The number of aryl methyl sites for hydroxylation is 1. The molecule has 0 aliphatic heterocycles. The lowest BCUT2D eigenvalue weighted by Gasteiger charge is -2.11. The van der Waals surface area contributed by atoms with Crippen LogP contribution >= 0.6 is 11.6 Å². The molecule has 6 nitrogen and oxygen atoms in total. The summed E-state index contributed by atoms with van der Waals surface area (Å²) in [6.45, 7) is 1.81. The van der Waals surface area contributed by atoms with Gasteiger partial charge in [0.25, 0.3) is 10.0 Å². The smallest absolute Gasteiger partial charge is 0.262 e. The van der Waals surface area contributed by atoms with Crippen molar-refractivity contribution in [2.75, 3.05) is 11.8 Å². The van der Waals surface area contributed by atoms with Crippen molar-refractivity contribution in [2.45, 2.75) is 11.8 Å². The number of ether oxygens (including phenoxy) is 1. The number of halogens is 1. The Morgan fingerprint density at radius 1 is 1.26 bits per heavy atom. The third-order valence-corrected chi connectivity index (χ3v) is 5.23. The summed E-state index contributed by atoms with van der Waals surface area (Å²) in [6.07, 6.45) is 1.48. The first-order valence-corrected chi connectivity index (χ1v) is 8.57. The van der Waals surface area contributed by atoms with E-state index < -0.39 is 10.0 Å². The summed E-state index contributed by atoms with van der Waals surface area (Å²) in [5, 5.41) is 0.396. The number of imidazole rings is 1. The van der Waals surface area contributed by atoms with E-state index in [-0.39, 0.29) is 4.90 Å². The maximum Gasteiger partial charge on any atom is 0.262 e. The van der Waals surface area contributed by atoms with E-state index in [1.165, 1.54) is 25.6 Å². The molecule has 1 aromatic heterocycles. The summed E-state index contributed by atoms with van der Waals surface area (Å²) < 4.78 is 32.8. The lowest BCUT2D eigenvalue weighted by molar-refractivity contribution is 0.419. The number of benzene rings is 2. The van der Waals surface area contributed by atoms with Gasteiger partial charge < -0.3 is 9.72 Å². The van der Waals surface area contributed by atoms with Gasteiger partial charge in [0.05, 0.1) is 24.0 Å². The fraction of sp³-hybridized carbons (Fsp3) is 0.133. The molecule has 0 aliphatic rings. The number of sulfonamides is 1. The maximum absolute atomic E-state index is 12.5. The van der Waals surface area contributed by atoms with Crippen LogP contribution in [-0.2, 0) is 10.0 Å². The molecule has 3 rings (SSSR count). The first-order chi connectivity index (χ1) is 10.9. The first-order valence-electron chi connectivity index (χ1n) is 6.71. The predicted molar refractivity (Wildman–Crippen MR) is 89.6 cm³/mol. The number of methoxy groups -OCH3 is 1. The minimum Gasteiger partial charge on any atom is -0.494 e. The summed E-state index contributed by atoms with van der Waals surface area (Å²) in [7, 11) is -2.24. The molecule has 0 atom stereocenters. The van der Waals surface area contributed by atoms with Gasteiger partial charge in [-0.2, -0.15) is 0 Å². The van der Waals surface area contributed by atoms with Gasteiger partial charge in [-0.3, -0.25) is 4.72 Å². The molecule has 23 heavy (non-hydrogen) atoms. The Kier molecular flexibility index (Phi) is 3.91. The Morgan fingerprint density at radius 3 is 2.74 bits per heavy atom. The summed E-state index contributed by atoms with van der Waals surface area (Å²) >= 11 is 6.01. The van der Waals surface area contributed by atoms with Crippen molar-refractivity contribution in [1.82, 2.24) is 9.97 Å². The lowest BCUT2D eigenvalue weighted by Crippen LogP contribution is -2.13. The molecule has 1 heterocycles. The van der Waals surface area contributed by atoms with Crippen LogP contribution in [0.3, 0.4) is 0 Å². The third kappa shape index (κ3) is 2.85. The van der Waals surface area contributed by atoms with Crippen LogP contribution in [0.1, 0.15) is 5.56 Å². The van der Waals surface area contributed by atoms with Crippen LogP contribution in [0.2, 0.25) is 5.02 Å². The van der Waals surface area contributed by atoms with E-state index in [1.807, 2.05) is 6.92 Å². The number of nitrogens with zero attached hydrogens (tertiary/aromatic N) is 1. The average molecular weight is 352 g/mol. The second-order valence-corrected chi connectivity index (χ2v) is 7.05. The number of aromatic amines is 1. The summed E-state index contributed by atoms with van der Waals surface area (Å²) in [5.74, 6) is 0.582. The van der Waals surface area contributed by atoms with Gasteiger partial charge in [-0.05, 0) is 36.8 Å². The molecule has 2 N–H and O–H groups in total. The monoisotopic (exact) mass is 351 g/mol. The predicted octanol–water partition coefficient (Wildman–Crippen LogP) is 3.33. The molecule has 0 saturated heterocycles. The van der Waals surface area contributed by atoms with Gasteiger partial charge in [0, 0.05) is 5.02 Å². The minimum atomic E-state index is -3.77. The number of anilines is 1. The maximum atomic E-state index is 12.5. The molecule has 8 heteroatoms. The van der Waals surface area contributed by atoms with E-state index in [9.17, 15) is 8.42 Å². The van der Waals surface area contributed by atoms with Crippen LogP contribution in [-0.4, -0.2) is 25.5 Å². The van der Waals surface area contributed by atoms with Gasteiger partial charge in [0.2, 0.25) is 0 Å². The summed E-state index contributed by atoms with van der Waals surface area (Å²) in [6, 6.07) is 7.87. The van der Waals surface area contributed by atoms with Gasteiger partial charge in [0.1, 0.15) is 16.8 Å². The number of nitrogens with one attached hydrogen (secondary N) is 2. The Labute approximate surface area is 138 Å². The fourth-order valence-corrected chi connectivity index (χ4v) is 3.54. The zero-order valence-corrected chi connectivity index (χ0v) is 14.0. The Hall–Kier alpha value is -2.25. The van der Waals surface area contributed by atoms with Gasteiger partial charge in [-0.15, -0.1) is 0 Å². The quantitative estimate of drug-likeness (QED) is 0.755. The molecule has 0 saturated carbocycles. The van der Waals surface area contributed by atoms with Crippen molar-refractivity contribution in [2.24, 2.45) is 0 Å². The number of H-pyrrole nitrogens is 1. The number of hydrogen-bond acceptors (Lipinski definition) is 4. The van der Waals surface area contributed by atoms with Crippen LogP contribution in [0.4, 0.5) is 5.69 Å². The van der Waals surface area contributed by atoms with Crippen LogP contribution in [0.15, 0.2) is 41.6 Å². The molecular weight excluding hydrogens is 338 g/mol. The molecule has 0 bridgehead atoms. The zero-order chi connectivity index (χ0) is 16.6. The molecule has 0 amide bonds. The van der Waals surface area contributed by atoms with Crippen molar-refractivity contribution in [3.05, 3.63) is 47.2 Å². The number of rotatable bonds is 4. The van der Waals surface area contributed by atoms with Gasteiger partial charge in [0.15, 0.2) is 0 Å². The molecule has 120 valence electrons. The van der Waals surface area contributed by atoms with Crippen LogP contribution in [0.5, 0.6) is 5.75 Å². The second-order valence-electron chi connectivity index (χ2n) is 4.96. The highest BCUT2D eigenvalue weighted by Crippen LogP contribution is 2.30. The fourth-order valence-electron chi connectivity index (χ4n) is 2.20. The minimum absolute atomic E-state index is 0.0904. The highest BCUT2D eigenvalue weighted by molar-refractivity contribution is 7.92. The molecule has 2 aromatic carbocycles. The van der Waals surface area contributed by atoms with Crippen molar-refractivity contribution < 1.29 is 13.2 Å². The van der Waals surface area contributed by atoms with E-state index in [4.69, 9.17) is 16.3 Å². The molecule has 0 spiro atoms. The lowest BCUT2D eigenvalue weighted by atomic mass is 10.2. The second kappa shape index (κ2) is 5.75. The van der Waals surface area contributed by atoms with Crippen molar-refractivity contribution in [3.63, 3.8) is 0 Å². The normalized spacial score (nSPS) is 11.6. The molecule has 3 aromatic rings. The zero-order valence-electron chi connectivity index (χ0n) is 12.4. The van der Waals surface area contributed by atoms with Gasteiger partial charge in [-0.25, -0.2) is 13.4 Å². The van der Waals surface area contributed by atoms with Gasteiger partial charge in [-0.1, -0.05) is 17.7 Å². The summed E-state index contributed by atoms with van der Waals surface area (Å²) in [4.78, 5) is 7.17. The van der Waals surface area contributed by atoms with E-state index >= 15 is 0 Å². The van der Waals surface area contributed by atoms with Crippen molar-refractivity contribution >= 4 is 38.3 Å². The van der Waals surface area contributed by atoms with Crippen LogP contribution in [0.25, 0.3) is 11.0 Å². The topological polar surface area (TPSA) is 84.1 Å². The molecular formula is C15H14ClN3O3S. The molecule has 0 fully saturated rings. The van der Waals surface area contributed by atoms with Crippen LogP contribution < -0.4 is 9.46 Å². The average Bonchev–Trinajstić information content (AvgIpc) is 3.00. The molecule has 0 aliphatic carbocycles. The van der Waals surface area contributed by atoms with Crippen molar-refractivity contribution in [1.29, 1.82) is 0 Å².